The van der Waals surface area contributed by atoms with Gasteiger partial charge in [-0.2, -0.15) is 5.10 Å². The number of H-pyrrole nitrogens is 1. The van der Waals surface area contributed by atoms with Crippen LogP contribution in [0.15, 0.2) is 29.4 Å². The van der Waals surface area contributed by atoms with Gasteiger partial charge in [0.15, 0.2) is 0 Å². The van der Waals surface area contributed by atoms with Gasteiger partial charge in [0.2, 0.25) is 10.0 Å². The molecule has 1 atom stereocenters. The second-order valence-electron chi connectivity index (χ2n) is 4.36. The van der Waals surface area contributed by atoms with Gasteiger partial charge in [0.1, 0.15) is 22.8 Å². The Hall–Kier alpha value is -1.97. The number of methoxy groups -OCH3 is 1. The van der Waals surface area contributed by atoms with E-state index in [1.807, 2.05) is 0 Å². The third-order valence-corrected chi connectivity index (χ3v) is 4.44. The lowest BCUT2D eigenvalue weighted by molar-refractivity contribution is 0.281. The van der Waals surface area contributed by atoms with Gasteiger partial charge in [-0.05, 0) is 24.6 Å². The highest BCUT2D eigenvalue weighted by Gasteiger charge is 2.23. The van der Waals surface area contributed by atoms with E-state index in [9.17, 15) is 8.42 Å². The van der Waals surface area contributed by atoms with Crippen molar-refractivity contribution in [2.75, 3.05) is 7.11 Å². The zero-order valence-electron chi connectivity index (χ0n) is 11.6. The minimum Gasteiger partial charge on any atom is -0.495 e. The van der Waals surface area contributed by atoms with Gasteiger partial charge < -0.3 is 9.84 Å². The van der Waals surface area contributed by atoms with Crippen molar-refractivity contribution in [2.24, 2.45) is 0 Å². The molecule has 2 aromatic rings. The van der Waals surface area contributed by atoms with E-state index >= 15 is 0 Å². The SMILES string of the molecule is COc1ccc(CO)cc1S(=O)(=O)NC(C)c1ncn[nH]1. The van der Waals surface area contributed by atoms with Crippen LogP contribution in [0.5, 0.6) is 5.75 Å². The number of rotatable bonds is 6. The number of hydrogen-bond donors (Lipinski definition) is 3. The molecule has 0 saturated carbocycles. The molecule has 8 nitrogen and oxygen atoms in total. The Morgan fingerprint density at radius 3 is 2.81 bits per heavy atom. The van der Waals surface area contributed by atoms with Crippen LogP contribution in [0.4, 0.5) is 0 Å². The number of hydrogen-bond acceptors (Lipinski definition) is 6. The Morgan fingerprint density at radius 1 is 1.48 bits per heavy atom. The van der Waals surface area contributed by atoms with Gasteiger partial charge >= 0.3 is 0 Å². The zero-order chi connectivity index (χ0) is 15.5. The highest BCUT2D eigenvalue weighted by Crippen LogP contribution is 2.26. The van der Waals surface area contributed by atoms with E-state index in [1.165, 1.54) is 25.6 Å². The molecule has 1 unspecified atom stereocenters. The van der Waals surface area contributed by atoms with E-state index in [2.05, 4.69) is 19.9 Å². The van der Waals surface area contributed by atoms with Gasteiger partial charge in [0, 0.05) is 0 Å². The second kappa shape index (κ2) is 6.20. The fraction of sp³-hybridized carbons (Fsp3) is 0.333. The molecule has 2 rings (SSSR count). The topological polar surface area (TPSA) is 117 Å². The Bertz CT molecular complexity index is 700. The number of aromatic nitrogens is 3. The number of nitrogens with zero attached hydrogens (tertiary/aromatic N) is 2. The van der Waals surface area contributed by atoms with E-state index in [0.29, 0.717) is 11.4 Å². The number of nitrogens with one attached hydrogen (secondary N) is 2. The van der Waals surface area contributed by atoms with Gasteiger partial charge in [-0.15, -0.1) is 0 Å². The summed E-state index contributed by atoms with van der Waals surface area (Å²) in [6, 6.07) is 3.88. The molecule has 0 bridgehead atoms. The summed E-state index contributed by atoms with van der Waals surface area (Å²) in [7, 11) is -2.45. The highest BCUT2D eigenvalue weighted by atomic mass is 32.2. The molecule has 0 saturated heterocycles. The van der Waals surface area contributed by atoms with Crippen LogP contribution < -0.4 is 9.46 Å². The Kier molecular flexibility index (Phi) is 4.56. The maximum Gasteiger partial charge on any atom is 0.244 e. The van der Waals surface area contributed by atoms with Crippen molar-refractivity contribution in [1.82, 2.24) is 19.9 Å². The predicted molar refractivity (Wildman–Crippen MR) is 74.0 cm³/mol. The third-order valence-electron chi connectivity index (χ3n) is 2.88. The third kappa shape index (κ3) is 3.38. The Labute approximate surface area is 122 Å². The summed E-state index contributed by atoms with van der Waals surface area (Å²) < 4.78 is 32.4. The molecule has 0 amide bonds. The van der Waals surface area contributed by atoms with Gasteiger partial charge in [0.05, 0.1) is 19.8 Å². The molecule has 9 heteroatoms. The van der Waals surface area contributed by atoms with Crippen LogP contribution in [-0.4, -0.2) is 35.8 Å². The van der Waals surface area contributed by atoms with Crippen molar-refractivity contribution in [3.8, 4) is 5.75 Å². The molecule has 3 N–H and O–H groups in total. The monoisotopic (exact) mass is 312 g/mol. The van der Waals surface area contributed by atoms with Crippen LogP contribution in [0.3, 0.4) is 0 Å². The number of ether oxygens (including phenoxy) is 1. The van der Waals surface area contributed by atoms with E-state index in [4.69, 9.17) is 9.84 Å². The van der Waals surface area contributed by atoms with E-state index in [0.717, 1.165) is 0 Å². The molecule has 1 aromatic heterocycles. The highest BCUT2D eigenvalue weighted by molar-refractivity contribution is 7.89. The second-order valence-corrected chi connectivity index (χ2v) is 6.04. The van der Waals surface area contributed by atoms with Crippen molar-refractivity contribution in [1.29, 1.82) is 0 Å². The molecular weight excluding hydrogens is 296 g/mol. The van der Waals surface area contributed by atoms with Gasteiger partial charge in [0.25, 0.3) is 0 Å². The first-order chi connectivity index (χ1) is 9.97. The van der Waals surface area contributed by atoms with Crippen molar-refractivity contribution in [3.05, 3.63) is 35.9 Å². The molecule has 21 heavy (non-hydrogen) atoms. The minimum atomic E-state index is -3.83. The molecular formula is C12H16N4O4S. The Morgan fingerprint density at radius 2 is 2.24 bits per heavy atom. The lowest BCUT2D eigenvalue weighted by Crippen LogP contribution is -2.28. The molecule has 0 radical (unpaired) electrons. The smallest absolute Gasteiger partial charge is 0.244 e. The van der Waals surface area contributed by atoms with Crippen LogP contribution in [0.2, 0.25) is 0 Å². The van der Waals surface area contributed by atoms with E-state index in [-0.39, 0.29) is 17.3 Å². The average molecular weight is 312 g/mol. The van der Waals surface area contributed by atoms with Crippen molar-refractivity contribution in [3.63, 3.8) is 0 Å². The first kappa shape index (κ1) is 15.4. The molecule has 0 aliphatic carbocycles. The summed E-state index contributed by atoms with van der Waals surface area (Å²) in [5.74, 6) is 0.598. The summed E-state index contributed by atoms with van der Waals surface area (Å²) >= 11 is 0. The summed E-state index contributed by atoms with van der Waals surface area (Å²) in [6.45, 7) is 1.38. The van der Waals surface area contributed by atoms with Crippen LogP contribution in [0.25, 0.3) is 0 Å². The maximum absolute atomic E-state index is 12.5. The number of aliphatic hydroxyl groups is 1. The fourth-order valence-corrected chi connectivity index (χ4v) is 3.23. The lowest BCUT2D eigenvalue weighted by Gasteiger charge is -2.14. The summed E-state index contributed by atoms with van der Waals surface area (Å²) in [5, 5.41) is 15.4. The molecule has 0 fully saturated rings. The predicted octanol–water partition coefficient (Wildman–Crippen LogP) is 0.345. The van der Waals surface area contributed by atoms with Crippen molar-refractivity contribution in [2.45, 2.75) is 24.5 Å². The number of aliphatic hydroxyl groups excluding tert-OH is 1. The average Bonchev–Trinajstić information content (AvgIpc) is 3.00. The Balaban J connectivity index is 2.34. The maximum atomic E-state index is 12.5. The van der Waals surface area contributed by atoms with Gasteiger partial charge in [-0.1, -0.05) is 6.07 Å². The summed E-state index contributed by atoms with van der Waals surface area (Å²) in [5.41, 5.74) is 0.475. The molecule has 114 valence electrons. The lowest BCUT2D eigenvalue weighted by atomic mass is 10.2. The fourth-order valence-electron chi connectivity index (χ4n) is 1.81. The summed E-state index contributed by atoms with van der Waals surface area (Å²) in [4.78, 5) is 3.87. The largest absolute Gasteiger partial charge is 0.495 e. The number of sulfonamides is 1. The molecule has 1 aromatic carbocycles. The zero-order valence-corrected chi connectivity index (χ0v) is 12.4. The van der Waals surface area contributed by atoms with Crippen molar-refractivity contribution >= 4 is 10.0 Å². The minimum absolute atomic E-state index is 0.0390. The van der Waals surface area contributed by atoms with E-state index < -0.39 is 16.1 Å². The molecule has 1 heterocycles. The molecule has 0 spiro atoms. The van der Waals surface area contributed by atoms with Crippen LogP contribution >= 0.6 is 0 Å². The standard InChI is InChI=1S/C12H16N4O4S/c1-8(12-13-7-14-15-12)16-21(18,19)11-5-9(6-17)3-4-10(11)20-2/h3-5,7-8,16-17H,6H2,1-2H3,(H,13,14,15). The normalized spacial score (nSPS) is 13.1. The van der Waals surface area contributed by atoms with E-state index in [1.54, 1.807) is 13.0 Å². The van der Waals surface area contributed by atoms with Crippen LogP contribution in [0, 0.1) is 0 Å². The first-order valence-corrected chi connectivity index (χ1v) is 7.61. The first-order valence-electron chi connectivity index (χ1n) is 6.13. The van der Waals surface area contributed by atoms with Crippen LogP contribution in [-0.2, 0) is 16.6 Å². The van der Waals surface area contributed by atoms with Gasteiger partial charge in [-0.3, -0.25) is 5.10 Å². The summed E-state index contributed by atoms with van der Waals surface area (Å²) in [6.07, 6.45) is 1.30. The van der Waals surface area contributed by atoms with Crippen LogP contribution in [0.1, 0.15) is 24.4 Å². The quantitative estimate of drug-likeness (QED) is 0.708. The number of benzene rings is 1. The van der Waals surface area contributed by atoms with Crippen molar-refractivity contribution < 1.29 is 18.3 Å². The molecule has 0 aliphatic rings. The van der Waals surface area contributed by atoms with Gasteiger partial charge in [-0.25, -0.2) is 18.1 Å². The number of aromatic amines is 1. The molecule has 0 aliphatic heterocycles.